The summed E-state index contributed by atoms with van der Waals surface area (Å²) in [4.78, 5) is 15.9. The summed E-state index contributed by atoms with van der Waals surface area (Å²) in [6, 6.07) is 14.9. The minimum absolute atomic E-state index is 0.0628. The van der Waals surface area contributed by atoms with Gasteiger partial charge in [0.1, 0.15) is 12.4 Å². The van der Waals surface area contributed by atoms with Crippen molar-refractivity contribution < 1.29 is 17.9 Å². The van der Waals surface area contributed by atoms with Crippen LogP contribution in [0, 0.1) is 5.41 Å². The van der Waals surface area contributed by atoms with Gasteiger partial charge in [0.15, 0.2) is 0 Å². The second-order valence-electron chi connectivity index (χ2n) is 10.5. The molecule has 1 atom stereocenters. The van der Waals surface area contributed by atoms with Crippen LogP contribution >= 0.6 is 0 Å². The summed E-state index contributed by atoms with van der Waals surface area (Å²) >= 11 is 0. The lowest BCUT2D eigenvalue weighted by atomic mass is 9.97. The van der Waals surface area contributed by atoms with E-state index >= 15 is 0 Å². The van der Waals surface area contributed by atoms with Crippen molar-refractivity contribution in [3.8, 4) is 0 Å². The maximum Gasteiger partial charge on any atom is 0.325 e. The van der Waals surface area contributed by atoms with E-state index in [9.17, 15) is 13.2 Å². The minimum Gasteiger partial charge on any atom is -0.465 e. The molecule has 1 aliphatic heterocycles. The van der Waals surface area contributed by atoms with Crippen LogP contribution in [0.4, 0.5) is 5.69 Å². The average molecular weight is 586 g/mol. The highest BCUT2D eigenvalue weighted by Crippen LogP contribution is 2.32. The molecule has 2 aliphatic rings. The van der Waals surface area contributed by atoms with Crippen molar-refractivity contribution >= 4 is 38.4 Å². The van der Waals surface area contributed by atoms with Crippen LogP contribution in [0.25, 0.3) is 10.9 Å². The number of fused-ring (bicyclic) bond motifs is 2. The van der Waals surface area contributed by atoms with Crippen LogP contribution in [-0.4, -0.2) is 67.9 Å². The van der Waals surface area contributed by atoms with E-state index in [4.69, 9.17) is 10.1 Å². The molecular weight excluding hydrogens is 550 g/mol. The average Bonchev–Trinajstić information content (AvgIpc) is 3.26. The number of allylic oxidation sites excluding steroid dienone is 4. The summed E-state index contributed by atoms with van der Waals surface area (Å²) in [5.41, 5.74) is 5.28. The molecule has 42 heavy (non-hydrogen) atoms. The number of nitrogens with zero attached hydrogens (tertiary/aromatic N) is 3. The number of aryl methyl sites for hydroxylation is 1. The number of benzene rings is 2. The zero-order chi connectivity index (χ0) is 30.0. The van der Waals surface area contributed by atoms with Crippen molar-refractivity contribution in [2.45, 2.75) is 19.4 Å². The Labute approximate surface area is 246 Å². The molecule has 0 bridgehead atoms. The number of rotatable bonds is 9. The Balaban J connectivity index is 1.36. The molecule has 1 aliphatic carbocycles. The van der Waals surface area contributed by atoms with Crippen molar-refractivity contribution in [1.82, 2.24) is 14.4 Å². The first-order valence-corrected chi connectivity index (χ1v) is 15.2. The monoisotopic (exact) mass is 585 g/mol. The molecule has 9 nitrogen and oxygen atoms in total. The predicted octanol–water partition coefficient (Wildman–Crippen LogP) is 4.54. The summed E-state index contributed by atoms with van der Waals surface area (Å²) in [6.45, 7) is 1.93. The minimum atomic E-state index is -3.96. The number of anilines is 1. The molecule has 0 radical (unpaired) electrons. The van der Waals surface area contributed by atoms with Crippen LogP contribution in [0.1, 0.15) is 23.7 Å². The van der Waals surface area contributed by atoms with Gasteiger partial charge in [0.25, 0.3) is 10.0 Å². The first kappa shape index (κ1) is 28.9. The maximum atomic E-state index is 13.7. The van der Waals surface area contributed by atoms with Gasteiger partial charge in [-0.3, -0.25) is 14.9 Å². The molecule has 0 spiro atoms. The number of sulfonamides is 1. The summed E-state index contributed by atoms with van der Waals surface area (Å²) in [6.07, 6.45) is 11.2. The van der Waals surface area contributed by atoms with Gasteiger partial charge >= 0.3 is 5.97 Å². The smallest absolute Gasteiger partial charge is 0.325 e. The molecule has 0 fully saturated rings. The molecule has 2 aromatic carbocycles. The van der Waals surface area contributed by atoms with E-state index in [-0.39, 0.29) is 18.1 Å². The molecule has 1 aromatic heterocycles. The fraction of sp³-hybridized carbons (Fsp3) is 0.250. The van der Waals surface area contributed by atoms with Gasteiger partial charge in [0.05, 0.1) is 17.6 Å². The largest absolute Gasteiger partial charge is 0.465 e. The molecule has 2 heterocycles. The summed E-state index contributed by atoms with van der Waals surface area (Å²) in [7, 11) is 1.74. The van der Waals surface area contributed by atoms with Crippen LogP contribution in [0.3, 0.4) is 0 Å². The molecule has 218 valence electrons. The van der Waals surface area contributed by atoms with Crippen molar-refractivity contribution in [3.05, 3.63) is 112 Å². The third-order valence-electron chi connectivity index (χ3n) is 7.41. The lowest BCUT2D eigenvalue weighted by Gasteiger charge is -2.35. The van der Waals surface area contributed by atoms with E-state index < -0.39 is 22.0 Å². The quantitative estimate of drug-likeness (QED) is 0.217. The van der Waals surface area contributed by atoms with Crippen LogP contribution in [0.15, 0.2) is 95.6 Å². The normalized spacial score (nSPS) is 16.1. The van der Waals surface area contributed by atoms with Crippen molar-refractivity contribution in [2.75, 3.05) is 32.0 Å². The Bertz CT molecular complexity index is 1760. The SMILES string of the molecule is CCOC(=O)CN1C=CC=C2C=CC=C(S(=O)(=O)Nc3ccc4c(c3)cc(Cc3ccc(C(=N)N(C)C)cc3)n4C)C21. The third-order valence-corrected chi connectivity index (χ3v) is 8.90. The van der Waals surface area contributed by atoms with Gasteiger partial charge < -0.3 is 19.1 Å². The Kier molecular flexibility index (Phi) is 8.08. The number of aromatic nitrogens is 1. The second-order valence-corrected chi connectivity index (χ2v) is 12.2. The fourth-order valence-electron chi connectivity index (χ4n) is 5.29. The lowest BCUT2D eigenvalue weighted by Crippen LogP contribution is -2.42. The number of carbonyl (C=O) groups is 1. The topological polar surface area (TPSA) is 108 Å². The standard InChI is InChI=1S/C32H35N5O4S/c1-5-41-30(38)21-37-17-7-9-23-8-6-10-29(31(23)37)42(39,40)34-26-15-16-28-25(19-26)20-27(36(28)4)18-22-11-13-24(14-12-22)32(33)35(2)3/h6-17,19-20,31,33-34H,5,18,21H2,1-4H3. The van der Waals surface area contributed by atoms with Crippen LogP contribution in [0.5, 0.6) is 0 Å². The van der Waals surface area contributed by atoms with Crippen LogP contribution < -0.4 is 4.72 Å². The van der Waals surface area contributed by atoms with Crippen LogP contribution in [-0.2, 0) is 33.0 Å². The molecule has 0 saturated carbocycles. The molecule has 0 amide bonds. The van der Waals surface area contributed by atoms with E-state index in [0.29, 0.717) is 17.9 Å². The van der Waals surface area contributed by atoms with Crippen LogP contribution in [0.2, 0.25) is 0 Å². The highest BCUT2D eigenvalue weighted by atomic mass is 32.2. The number of hydrogen-bond donors (Lipinski definition) is 2. The van der Waals surface area contributed by atoms with Gasteiger partial charge in [-0.2, -0.15) is 0 Å². The summed E-state index contributed by atoms with van der Waals surface area (Å²) in [5, 5.41) is 9.09. The first-order chi connectivity index (χ1) is 20.1. The van der Waals surface area contributed by atoms with Crippen molar-refractivity contribution in [3.63, 3.8) is 0 Å². The van der Waals surface area contributed by atoms with E-state index in [0.717, 1.165) is 33.3 Å². The van der Waals surface area contributed by atoms with Gasteiger partial charge in [-0.15, -0.1) is 0 Å². The highest BCUT2D eigenvalue weighted by Gasteiger charge is 2.35. The Morgan fingerprint density at radius 2 is 1.83 bits per heavy atom. The second kappa shape index (κ2) is 11.7. The molecule has 2 N–H and O–H groups in total. The zero-order valence-corrected chi connectivity index (χ0v) is 25.0. The molecule has 0 saturated heterocycles. The number of carbonyl (C=O) groups excluding carboxylic acids is 1. The zero-order valence-electron chi connectivity index (χ0n) is 24.2. The number of esters is 1. The molecule has 5 rings (SSSR count). The van der Waals surface area contributed by atoms with E-state index in [1.54, 1.807) is 47.2 Å². The Hall–Kier alpha value is -4.57. The Morgan fingerprint density at radius 1 is 1.07 bits per heavy atom. The van der Waals surface area contributed by atoms with E-state index in [2.05, 4.69) is 15.4 Å². The number of nitrogens with one attached hydrogen (secondary N) is 2. The highest BCUT2D eigenvalue weighted by molar-refractivity contribution is 7.96. The van der Waals surface area contributed by atoms with Gasteiger partial charge in [-0.25, -0.2) is 8.42 Å². The Morgan fingerprint density at radius 3 is 2.55 bits per heavy atom. The van der Waals surface area contributed by atoms with E-state index in [1.165, 1.54) is 0 Å². The van der Waals surface area contributed by atoms with Crippen molar-refractivity contribution in [1.29, 1.82) is 5.41 Å². The van der Waals surface area contributed by atoms with Gasteiger partial charge in [-0.05, 0) is 54.5 Å². The number of hydrogen-bond acceptors (Lipinski definition) is 6. The summed E-state index contributed by atoms with van der Waals surface area (Å²) < 4.78 is 37.4. The number of amidine groups is 1. The molecular formula is C32H35N5O4S. The lowest BCUT2D eigenvalue weighted by molar-refractivity contribution is -0.143. The fourth-order valence-corrected chi connectivity index (χ4v) is 6.67. The number of ether oxygens (including phenoxy) is 1. The van der Waals surface area contributed by atoms with E-state index in [1.807, 2.05) is 69.7 Å². The van der Waals surface area contributed by atoms with Gasteiger partial charge in [0, 0.05) is 61.6 Å². The predicted molar refractivity (Wildman–Crippen MR) is 167 cm³/mol. The molecule has 1 unspecified atom stereocenters. The first-order valence-electron chi connectivity index (χ1n) is 13.7. The van der Waals surface area contributed by atoms with Crippen molar-refractivity contribution in [2.24, 2.45) is 7.05 Å². The molecule has 3 aromatic rings. The summed E-state index contributed by atoms with van der Waals surface area (Å²) in [5.74, 6) is 0.0389. The molecule has 10 heteroatoms. The maximum absolute atomic E-state index is 13.7. The van der Waals surface area contributed by atoms with Gasteiger partial charge in [-0.1, -0.05) is 42.5 Å². The third kappa shape index (κ3) is 5.89. The van der Waals surface area contributed by atoms with Gasteiger partial charge in [0.2, 0.25) is 0 Å².